The second kappa shape index (κ2) is 8.26. The zero-order valence-electron chi connectivity index (χ0n) is 17.5. The van der Waals surface area contributed by atoms with Crippen LogP contribution in [-0.4, -0.2) is 41.0 Å². The van der Waals surface area contributed by atoms with Crippen molar-refractivity contribution < 1.29 is 4.74 Å². The van der Waals surface area contributed by atoms with Gasteiger partial charge in [-0.2, -0.15) is 14.8 Å². The second-order valence-electron chi connectivity index (χ2n) is 6.79. The van der Waals surface area contributed by atoms with E-state index < -0.39 is 0 Å². The van der Waals surface area contributed by atoms with Crippen LogP contribution in [0.1, 0.15) is 23.9 Å². The Hall–Kier alpha value is -3.49. The van der Waals surface area contributed by atoms with Gasteiger partial charge in [0.15, 0.2) is 5.69 Å². The summed E-state index contributed by atoms with van der Waals surface area (Å²) in [7, 11) is 5.48. The number of benzene rings is 1. The average Bonchev–Trinajstić information content (AvgIpc) is 2.99. The van der Waals surface area contributed by atoms with Gasteiger partial charge in [-0.05, 0) is 44.5 Å². The van der Waals surface area contributed by atoms with Gasteiger partial charge in [0.1, 0.15) is 0 Å². The van der Waals surface area contributed by atoms with Gasteiger partial charge in [-0.15, -0.1) is 5.11 Å². The van der Waals surface area contributed by atoms with Crippen LogP contribution in [0.3, 0.4) is 0 Å². The Labute approximate surface area is 169 Å². The molecule has 3 rings (SSSR count). The molecule has 3 aromatic rings. The molecule has 0 bridgehead atoms. The Morgan fingerprint density at radius 3 is 2.41 bits per heavy atom. The molecule has 0 aliphatic carbocycles. The molecule has 0 atom stereocenters. The number of methoxy groups -OCH3 is 1. The fraction of sp³-hybridized carbons (Fsp3) is 0.350. The number of aromatic nitrogens is 4. The van der Waals surface area contributed by atoms with Crippen molar-refractivity contribution in [2.75, 3.05) is 26.1 Å². The lowest BCUT2D eigenvalue weighted by molar-refractivity contribution is 0.389. The summed E-state index contributed by atoms with van der Waals surface area (Å²) in [6, 6.07) is 7.57. The summed E-state index contributed by atoms with van der Waals surface area (Å²) in [6.45, 7) is 5.62. The summed E-state index contributed by atoms with van der Waals surface area (Å²) in [5, 5.41) is 11.3. The van der Waals surface area contributed by atoms with Crippen molar-refractivity contribution in [2.45, 2.75) is 27.2 Å². The molecule has 0 unspecified atom stereocenters. The number of azo groups is 1. The third-order valence-electron chi connectivity index (χ3n) is 4.58. The fourth-order valence-electron chi connectivity index (χ4n) is 2.95. The molecule has 1 aromatic carbocycles. The maximum absolute atomic E-state index is 12.9. The Morgan fingerprint density at radius 1 is 1.14 bits per heavy atom. The van der Waals surface area contributed by atoms with Gasteiger partial charge in [-0.1, -0.05) is 6.92 Å². The van der Waals surface area contributed by atoms with Crippen molar-refractivity contribution in [3.05, 3.63) is 51.6 Å². The number of aromatic amines is 1. The van der Waals surface area contributed by atoms with Crippen molar-refractivity contribution in [1.29, 1.82) is 0 Å². The molecule has 0 aliphatic heterocycles. The first-order valence-corrected chi connectivity index (χ1v) is 9.28. The summed E-state index contributed by atoms with van der Waals surface area (Å²) in [4.78, 5) is 23.7. The van der Waals surface area contributed by atoms with Gasteiger partial charge in [0.05, 0.1) is 18.5 Å². The number of nitrogens with one attached hydrogen (secondary N) is 1. The van der Waals surface area contributed by atoms with Crippen LogP contribution in [0.4, 0.5) is 17.1 Å². The molecule has 2 heterocycles. The standard InChI is InChI=1S/C20H25N7O2/c1-7-16-12(2)21-20(22-18(16)29-6)27-19(28)17(13(3)25-27)24-23-14-8-10-15(11-9-14)26(4)5/h8-11,25H,7H2,1-6H3. The number of hydrogen-bond acceptors (Lipinski definition) is 7. The molecule has 9 heteroatoms. The lowest BCUT2D eigenvalue weighted by Crippen LogP contribution is -2.18. The molecule has 1 N–H and O–H groups in total. The zero-order chi connectivity index (χ0) is 21.1. The third kappa shape index (κ3) is 4.03. The van der Waals surface area contributed by atoms with Crippen molar-refractivity contribution in [2.24, 2.45) is 10.2 Å². The first-order valence-electron chi connectivity index (χ1n) is 9.28. The minimum Gasteiger partial charge on any atom is -0.481 e. The maximum Gasteiger partial charge on any atom is 0.301 e. The number of ether oxygens (including phenoxy) is 1. The van der Waals surface area contributed by atoms with Crippen LogP contribution < -0.4 is 15.2 Å². The highest BCUT2D eigenvalue weighted by atomic mass is 16.5. The SMILES string of the molecule is CCc1c(C)nc(-n2[nH]c(C)c(N=Nc3ccc(N(C)C)cc3)c2=O)nc1OC. The number of H-pyrrole nitrogens is 1. The van der Waals surface area contributed by atoms with E-state index in [1.54, 1.807) is 14.0 Å². The third-order valence-corrected chi connectivity index (χ3v) is 4.58. The van der Waals surface area contributed by atoms with Gasteiger partial charge in [0, 0.05) is 31.0 Å². The van der Waals surface area contributed by atoms with Crippen LogP contribution in [0.15, 0.2) is 39.3 Å². The van der Waals surface area contributed by atoms with Gasteiger partial charge in [0.2, 0.25) is 5.88 Å². The highest BCUT2D eigenvalue weighted by Gasteiger charge is 2.17. The van der Waals surface area contributed by atoms with E-state index in [2.05, 4.69) is 25.3 Å². The Kier molecular flexibility index (Phi) is 5.76. The number of anilines is 1. The molecule has 2 aromatic heterocycles. The monoisotopic (exact) mass is 395 g/mol. The molecule has 0 saturated carbocycles. The van der Waals surface area contributed by atoms with E-state index in [1.165, 1.54) is 4.68 Å². The van der Waals surface area contributed by atoms with Gasteiger partial charge < -0.3 is 9.64 Å². The molecule has 0 aliphatic rings. The highest BCUT2D eigenvalue weighted by molar-refractivity contribution is 5.52. The highest BCUT2D eigenvalue weighted by Crippen LogP contribution is 2.23. The second-order valence-corrected chi connectivity index (χ2v) is 6.79. The van der Waals surface area contributed by atoms with Gasteiger partial charge in [0.25, 0.3) is 5.95 Å². The number of rotatable bonds is 6. The maximum atomic E-state index is 12.9. The van der Waals surface area contributed by atoms with Crippen LogP contribution in [0.5, 0.6) is 5.88 Å². The molecule has 29 heavy (non-hydrogen) atoms. The van der Waals surface area contributed by atoms with Gasteiger partial charge in [-0.3, -0.25) is 9.89 Å². The number of nitrogens with zero attached hydrogens (tertiary/aromatic N) is 6. The number of aryl methyl sites for hydroxylation is 2. The van der Waals surface area contributed by atoms with Crippen molar-refractivity contribution >= 4 is 17.1 Å². The first-order chi connectivity index (χ1) is 13.8. The molecule has 152 valence electrons. The van der Waals surface area contributed by atoms with Crippen LogP contribution in [0.2, 0.25) is 0 Å². The van der Waals surface area contributed by atoms with E-state index in [0.29, 0.717) is 17.3 Å². The van der Waals surface area contributed by atoms with E-state index in [9.17, 15) is 4.79 Å². The predicted octanol–water partition coefficient (Wildman–Crippen LogP) is 3.62. The van der Waals surface area contributed by atoms with Gasteiger partial charge >= 0.3 is 5.56 Å². The normalized spacial score (nSPS) is 11.2. The van der Waals surface area contributed by atoms with E-state index in [1.807, 2.05) is 57.1 Å². The topological polar surface area (TPSA) is 101 Å². The van der Waals surface area contributed by atoms with Crippen LogP contribution in [0, 0.1) is 13.8 Å². The molecular formula is C20H25N7O2. The van der Waals surface area contributed by atoms with Crippen LogP contribution >= 0.6 is 0 Å². The Balaban J connectivity index is 1.97. The minimum absolute atomic E-state index is 0.210. The zero-order valence-corrected chi connectivity index (χ0v) is 17.5. The smallest absolute Gasteiger partial charge is 0.301 e. The van der Waals surface area contributed by atoms with Crippen LogP contribution in [-0.2, 0) is 6.42 Å². The molecule has 0 spiro atoms. The molecule has 0 saturated heterocycles. The van der Waals surface area contributed by atoms with Crippen molar-refractivity contribution in [3.63, 3.8) is 0 Å². The summed E-state index contributed by atoms with van der Waals surface area (Å²) < 4.78 is 6.62. The molecule has 0 amide bonds. The Bertz CT molecular complexity index is 1100. The number of hydrogen-bond donors (Lipinski definition) is 1. The predicted molar refractivity (Wildman–Crippen MR) is 112 cm³/mol. The summed E-state index contributed by atoms with van der Waals surface area (Å²) in [5.41, 5.74) is 3.79. The van der Waals surface area contributed by atoms with E-state index in [0.717, 1.165) is 23.4 Å². The fourth-order valence-corrected chi connectivity index (χ4v) is 2.95. The first kappa shape index (κ1) is 20.2. The van der Waals surface area contributed by atoms with Crippen LogP contribution in [0.25, 0.3) is 5.95 Å². The van der Waals surface area contributed by atoms with E-state index >= 15 is 0 Å². The minimum atomic E-state index is -0.373. The van der Waals surface area contributed by atoms with Gasteiger partial charge in [-0.25, -0.2) is 4.98 Å². The van der Waals surface area contributed by atoms with Crippen molar-refractivity contribution in [1.82, 2.24) is 19.7 Å². The largest absolute Gasteiger partial charge is 0.481 e. The average molecular weight is 395 g/mol. The summed E-state index contributed by atoms with van der Waals surface area (Å²) >= 11 is 0. The van der Waals surface area contributed by atoms with E-state index in [4.69, 9.17) is 4.74 Å². The summed E-state index contributed by atoms with van der Waals surface area (Å²) in [5.74, 6) is 0.666. The lowest BCUT2D eigenvalue weighted by Gasteiger charge is -2.11. The summed E-state index contributed by atoms with van der Waals surface area (Å²) in [6.07, 6.45) is 0.736. The van der Waals surface area contributed by atoms with Crippen molar-refractivity contribution in [3.8, 4) is 11.8 Å². The molecule has 9 nitrogen and oxygen atoms in total. The quantitative estimate of drug-likeness (QED) is 0.642. The molecular weight excluding hydrogens is 370 g/mol. The van der Waals surface area contributed by atoms with E-state index in [-0.39, 0.29) is 17.2 Å². The lowest BCUT2D eigenvalue weighted by atomic mass is 10.2. The Morgan fingerprint density at radius 2 is 1.83 bits per heavy atom. The molecule has 0 fully saturated rings. The molecule has 0 radical (unpaired) electrons.